The van der Waals surface area contributed by atoms with E-state index in [1.807, 2.05) is 24.3 Å². The molecule has 4 N–H and O–H groups in total. The third kappa shape index (κ3) is 3.34. The van der Waals surface area contributed by atoms with Crippen LogP contribution in [0.15, 0.2) is 28.7 Å². The first-order valence-electron chi connectivity index (χ1n) is 9.09. The normalized spacial score (nSPS) is 23.5. The number of rotatable bonds is 4. The minimum atomic E-state index is -0.265. The van der Waals surface area contributed by atoms with Crippen molar-refractivity contribution in [1.29, 1.82) is 0 Å². The molecule has 3 heterocycles. The van der Waals surface area contributed by atoms with Crippen LogP contribution in [0.3, 0.4) is 0 Å². The summed E-state index contributed by atoms with van der Waals surface area (Å²) in [6, 6.07) is 7.88. The van der Waals surface area contributed by atoms with E-state index in [2.05, 4.69) is 22.0 Å². The van der Waals surface area contributed by atoms with Crippen LogP contribution < -0.4 is 20.9 Å². The summed E-state index contributed by atoms with van der Waals surface area (Å²) in [7, 11) is 0. The molecule has 0 saturated carbocycles. The van der Waals surface area contributed by atoms with Crippen LogP contribution in [0.1, 0.15) is 31.7 Å². The second kappa shape index (κ2) is 7.13. The van der Waals surface area contributed by atoms with Gasteiger partial charge in [0.1, 0.15) is 12.7 Å². The van der Waals surface area contributed by atoms with E-state index in [1.165, 1.54) is 0 Å². The number of likely N-dealkylation sites (tertiary alicyclic amines) is 1. The standard InChI is InChI=1S/C18H25N5O3/c1-11(15-10-24-13-4-2-3-5-14(13)25-15)23-8-6-12(7-9-23)16(19)17-21-22-18(20)26-17/h2-5,11-12,15-16H,6-10,19H2,1H3,(H2,20,22). The third-order valence-electron chi connectivity index (χ3n) is 5.47. The summed E-state index contributed by atoms with van der Waals surface area (Å²) in [6.45, 7) is 4.66. The van der Waals surface area contributed by atoms with Crippen molar-refractivity contribution < 1.29 is 13.9 Å². The molecule has 0 bridgehead atoms. The van der Waals surface area contributed by atoms with E-state index in [-0.39, 0.29) is 24.2 Å². The van der Waals surface area contributed by atoms with Gasteiger partial charge in [-0.05, 0) is 50.9 Å². The van der Waals surface area contributed by atoms with Crippen LogP contribution in [0.4, 0.5) is 6.01 Å². The zero-order chi connectivity index (χ0) is 18.1. The molecule has 3 unspecified atom stereocenters. The lowest BCUT2D eigenvalue weighted by Gasteiger charge is -2.41. The molecule has 140 valence electrons. The smallest absolute Gasteiger partial charge is 0.312 e. The molecule has 2 aromatic rings. The van der Waals surface area contributed by atoms with Gasteiger partial charge in [0.05, 0.1) is 6.04 Å². The van der Waals surface area contributed by atoms with E-state index >= 15 is 0 Å². The van der Waals surface area contributed by atoms with Crippen molar-refractivity contribution in [3.8, 4) is 11.5 Å². The van der Waals surface area contributed by atoms with E-state index in [4.69, 9.17) is 25.4 Å². The molecule has 0 radical (unpaired) electrons. The Morgan fingerprint density at radius 1 is 1.15 bits per heavy atom. The van der Waals surface area contributed by atoms with Crippen molar-refractivity contribution in [1.82, 2.24) is 15.1 Å². The first kappa shape index (κ1) is 17.1. The molecule has 0 amide bonds. The Balaban J connectivity index is 1.33. The van der Waals surface area contributed by atoms with Crippen molar-refractivity contribution in [3.05, 3.63) is 30.2 Å². The van der Waals surface area contributed by atoms with Crippen LogP contribution >= 0.6 is 0 Å². The van der Waals surface area contributed by atoms with Crippen molar-refractivity contribution in [2.45, 2.75) is 38.0 Å². The predicted molar refractivity (Wildman–Crippen MR) is 95.8 cm³/mol. The summed E-state index contributed by atoms with van der Waals surface area (Å²) < 4.78 is 17.3. The minimum absolute atomic E-state index is 0.0193. The molecule has 2 aliphatic heterocycles. The lowest BCUT2D eigenvalue weighted by Crippen LogP contribution is -2.51. The summed E-state index contributed by atoms with van der Waals surface area (Å²) in [5.74, 6) is 2.37. The number of para-hydroxylation sites is 2. The van der Waals surface area contributed by atoms with Crippen LogP contribution in [0.2, 0.25) is 0 Å². The molecule has 1 fully saturated rings. The number of nitrogens with two attached hydrogens (primary N) is 2. The summed E-state index contributed by atoms with van der Waals surface area (Å²) in [5, 5.41) is 7.62. The van der Waals surface area contributed by atoms with Gasteiger partial charge >= 0.3 is 6.01 Å². The van der Waals surface area contributed by atoms with Gasteiger partial charge in [0.2, 0.25) is 5.89 Å². The average molecular weight is 359 g/mol. The fraction of sp³-hybridized carbons (Fsp3) is 0.556. The Hall–Kier alpha value is -2.32. The number of hydrogen-bond acceptors (Lipinski definition) is 8. The topological polar surface area (TPSA) is 113 Å². The number of ether oxygens (including phenoxy) is 2. The van der Waals surface area contributed by atoms with E-state index in [1.54, 1.807) is 0 Å². The zero-order valence-electron chi connectivity index (χ0n) is 14.9. The van der Waals surface area contributed by atoms with Gasteiger partial charge in [-0.3, -0.25) is 4.90 Å². The molecule has 1 aromatic heterocycles. The summed E-state index contributed by atoms with van der Waals surface area (Å²) in [6.07, 6.45) is 1.96. The van der Waals surface area contributed by atoms with Gasteiger partial charge in [0, 0.05) is 6.04 Å². The number of piperidine rings is 1. The van der Waals surface area contributed by atoms with Crippen LogP contribution in [-0.2, 0) is 0 Å². The molecule has 0 spiro atoms. The maximum absolute atomic E-state index is 6.29. The number of benzene rings is 1. The lowest BCUT2D eigenvalue weighted by molar-refractivity contribution is 0.00614. The Bertz CT molecular complexity index is 744. The highest BCUT2D eigenvalue weighted by Crippen LogP contribution is 2.34. The number of fused-ring (bicyclic) bond motifs is 1. The zero-order valence-corrected chi connectivity index (χ0v) is 14.9. The third-order valence-corrected chi connectivity index (χ3v) is 5.47. The van der Waals surface area contributed by atoms with Gasteiger partial charge in [-0.25, -0.2) is 0 Å². The van der Waals surface area contributed by atoms with Gasteiger partial charge in [0.25, 0.3) is 0 Å². The first-order valence-corrected chi connectivity index (χ1v) is 9.09. The predicted octanol–water partition coefficient (Wildman–Crippen LogP) is 1.59. The van der Waals surface area contributed by atoms with Crippen molar-refractivity contribution in [3.63, 3.8) is 0 Å². The fourth-order valence-electron chi connectivity index (χ4n) is 3.78. The van der Waals surface area contributed by atoms with Crippen LogP contribution in [-0.4, -0.2) is 46.9 Å². The number of nitrogen functional groups attached to an aromatic ring is 1. The Kier molecular flexibility index (Phi) is 4.69. The quantitative estimate of drug-likeness (QED) is 0.846. The molecule has 8 heteroatoms. The molecule has 1 aromatic carbocycles. The van der Waals surface area contributed by atoms with E-state index in [0.29, 0.717) is 18.4 Å². The molecule has 2 aliphatic rings. The molecule has 8 nitrogen and oxygen atoms in total. The van der Waals surface area contributed by atoms with Crippen molar-refractivity contribution in [2.75, 3.05) is 25.4 Å². The monoisotopic (exact) mass is 359 g/mol. The van der Waals surface area contributed by atoms with E-state index < -0.39 is 0 Å². The molecule has 1 saturated heterocycles. The van der Waals surface area contributed by atoms with Gasteiger partial charge < -0.3 is 25.4 Å². The number of nitrogens with zero attached hydrogens (tertiary/aromatic N) is 3. The molecule has 0 aliphatic carbocycles. The summed E-state index contributed by atoms with van der Waals surface area (Å²) in [5.41, 5.74) is 11.8. The Labute approximate surface area is 152 Å². The van der Waals surface area contributed by atoms with Crippen molar-refractivity contribution in [2.24, 2.45) is 11.7 Å². The van der Waals surface area contributed by atoms with Crippen molar-refractivity contribution >= 4 is 6.01 Å². The number of aromatic nitrogens is 2. The lowest BCUT2D eigenvalue weighted by atomic mass is 9.89. The van der Waals surface area contributed by atoms with Gasteiger partial charge in [0.15, 0.2) is 11.5 Å². The van der Waals surface area contributed by atoms with Crippen LogP contribution in [0.5, 0.6) is 11.5 Å². The first-order chi connectivity index (χ1) is 12.6. The number of hydrogen-bond donors (Lipinski definition) is 2. The average Bonchev–Trinajstić information content (AvgIpc) is 3.13. The minimum Gasteiger partial charge on any atom is -0.486 e. The van der Waals surface area contributed by atoms with Crippen LogP contribution in [0, 0.1) is 5.92 Å². The molecular formula is C18H25N5O3. The van der Waals surface area contributed by atoms with Gasteiger partial charge in [-0.15, -0.1) is 5.10 Å². The fourth-order valence-corrected chi connectivity index (χ4v) is 3.78. The molecule has 4 rings (SSSR count). The SMILES string of the molecule is CC(C1COc2ccccc2O1)N1CCC(C(N)c2nnc(N)o2)CC1. The summed E-state index contributed by atoms with van der Waals surface area (Å²) in [4.78, 5) is 2.44. The highest BCUT2D eigenvalue weighted by Gasteiger charge is 2.34. The van der Waals surface area contributed by atoms with E-state index in [0.717, 1.165) is 37.4 Å². The second-order valence-corrected chi connectivity index (χ2v) is 7.03. The van der Waals surface area contributed by atoms with Crippen LogP contribution in [0.25, 0.3) is 0 Å². The summed E-state index contributed by atoms with van der Waals surface area (Å²) >= 11 is 0. The molecule has 26 heavy (non-hydrogen) atoms. The molecular weight excluding hydrogens is 334 g/mol. The van der Waals surface area contributed by atoms with E-state index in [9.17, 15) is 0 Å². The van der Waals surface area contributed by atoms with Gasteiger partial charge in [-0.1, -0.05) is 17.2 Å². The Morgan fingerprint density at radius 3 is 2.58 bits per heavy atom. The second-order valence-electron chi connectivity index (χ2n) is 7.03. The highest BCUT2D eigenvalue weighted by atomic mass is 16.6. The Morgan fingerprint density at radius 2 is 1.88 bits per heavy atom. The maximum atomic E-state index is 6.29. The number of anilines is 1. The molecule has 3 atom stereocenters. The largest absolute Gasteiger partial charge is 0.486 e. The van der Waals surface area contributed by atoms with Gasteiger partial charge in [-0.2, -0.15) is 0 Å². The highest BCUT2D eigenvalue weighted by molar-refractivity contribution is 5.40. The maximum Gasteiger partial charge on any atom is 0.312 e.